The zero-order valence-corrected chi connectivity index (χ0v) is 10.7. The van der Waals surface area contributed by atoms with Crippen LogP contribution >= 0.6 is 0 Å². The van der Waals surface area contributed by atoms with E-state index in [2.05, 4.69) is 15.4 Å². The van der Waals surface area contributed by atoms with Crippen LogP contribution in [-0.2, 0) is 11.3 Å². The van der Waals surface area contributed by atoms with E-state index in [0.717, 1.165) is 6.07 Å². The highest BCUT2D eigenvalue weighted by Gasteiger charge is 2.16. The average Bonchev–Trinajstić information content (AvgIpc) is 2.95. The van der Waals surface area contributed by atoms with E-state index >= 15 is 0 Å². The molecule has 2 N–H and O–H groups in total. The Morgan fingerprint density at radius 2 is 2.35 bits per heavy atom. The summed E-state index contributed by atoms with van der Waals surface area (Å²) in [6.07, 6.45) is 2.32. The lowest BCUT2D eigenvalue weighted by molar-refractivity contribution is -0.129. The van der Waals surface area contributed by atoms with E-state index in [4.69, 9.17) is 0 Å². The number of carbonyl (C=O) groups is 1. The normalized spacial score (nSPS) is 12.1. The maximum Gasteiger partial charge on any atom is 0.253 e. The molecule has 0 saturated carbocycles. The molecule has 1 amide bonds. The fourth-order valence-electron chi connectivity index (χ4n) is 1.73. The minimum Gasteiger partial charge on any atom is -0.378 e. The molecule has 2 aromatic rings. The number of hydrogen-bond acceptors (Lipinski definition) is 4. The summed E-state index contributed by atoms with van der Waals surface area (Å²) in [4.78, 5) is 15.5. The summed E-state index contributed by atoms with van der Waals surface area (Å²) in [6.45, 7) is 1.02. The Morgan fingerprint density at radius 3 is 3.05 bits per heavy atom. The molecule has 0 bridgehead atoms. The minimum absolute atomic E-state index is 0.235. The van der Waals surface area contributed by atoms with Crippen LogP contribution in [0.2, 0.25) is 0 Å². The molecule has 6 nitrogen and oxygen atoms in total. The molecule has 0 aliphatic rings. The van der Waals surface area contributed by atoms with Gasteiger partial charge in [-0.1, -0.05) is 12.1 Å². The molecule has 1 atom stereocenters. The van der Waals surface area contributed by atoms with Crippen LogP contribution in [0.4, 0.5) is 4.39 Å². The summed E-state index contributed by atoms with van der Waals surface area (Å²) in [7, 11) is 0. The van der Waals surface area contributed by atoms with Gasteiger partial charge in [0, 0.05) is 13.1 Å². The Labute approximate surface area is 115 Å². The average molecular weight is 278 g/mol. The fraction of sp³-hybridized carbons (Fsp3) is 0.308. The molecule has 0 radical (unpaired) electrons. The van der Waals surface area contributed by atoms with Gasteiger partial charge in [-0.25, -0.2) is 9.37 Å². The van der Waals surface area contributed by atoms with Gasteiger partial charge in [0.25, 0.3) is 5.91 Å². The predicted molar refractivity (Wildman–Crippen MR) is 69.0 cm³/mol. The first-order valence-corrected chi connectivity index (χ1v) is 6.20. The molecule has 7 heteroatoms. The van der Waals surface area contributed by atoms with Gasteiger partial charge >= 0.3 is 0 Å². The SMILES string of the molecule is O=C(NCCCn1cncn1)[C@@H](O)c1cccc(F)c1. The van der Waals surface area contributed by atoms with Crippen LogP contribution in [0, 0.1) is 5.82 Å². The molecule has 0 saturated heterocycles. The van der Waals surface area contributed by atoms with Crippen molar-refractivity contribution in [1.29, 1.82) is 0 Å². The van der Waals surface area contributed by atoms with Crippen LogP contribution in [0.3, 0.4) is 0 Å². The van der Waals surface area contributed by atoms with E-state index in [0.29, 0.717) is 19.5 Å². The standard InChI is InChI=1S/C13H15FN4O2/c14-11-4-1-3-10(7-11)12(19)13(20)16-5-2-6-18-9-15-8-17-18/h1,3-4,7-9,12,19H,2,5-6H2,(H,16,20)/t12-/m0/s1. The predicted octanol–water partition coefficient (Wildman–Crippen LogP) is 0.657. The maximum absolute atomic E-state index is 13.0. The molecule has 20 heavy (non-hydrogen) atoms. The highest BCUT2D eigenvalue weighted by Crippen LogP contribution is 2.13. The molecule has 0 aliphatic carbocycles. The Kier molecular flexibility index (Phi) is 4.78. The second kappa shape index (κ2) is 6.76. The highest BCUT2D eigenvalue weighted by molar-refractivity contribution is 5.81. The topological polar surface area (TPSA) is 80.0 Å². The van der Waals surface area contributed by atoms with Crippen LogP contribution in [-0.4, -0.2) is 32.3 Å². The summed E-state index contributed by atoms with van der Waals surface area (Å²) in [5.41, 5.74) is 0.235. The van der Waals surface area contributed by atoms with Crippen molar-refractivity contribution in [2.24, 2.45) is 0 Å². The van der Waals surface area contributed by atoms with Crippen LogP contribution in [0.15, 0.2) is 36.9 Å². The number of halogens is 1. The van der Waals surface area contributed by atoms with Crippen molar-refractivity contribution < 1.29 is 14.3 Å². The van der Waals surface area contributed by atoms with Gasteiger partial charge in [-0.2, -0.15) is 5.10 Å². The number of rotatable bonds is 6. The van der Waals surface area contributed by atoms with Crippen molar-refractivity contribution in [3.05, 3.63) is 48.3 Å². The number of hydrogen-bond donors (Lipinski definition) is 2. The van der Waals surface area contributed by atoms with Gasteiger partial charge in [0.1, 0.15) is 18.5 Å². The maximum atomic E-state index is 13.0. The number of aryl methyl sites for hydroxylation is 1. The van der Waals surface area contributed by atoms with Gasteiger partial charge in [0.15, 0.2) is 6.10 Å². The molecule has 106 valence electrons. The third-order valence-electron chi connectivity index (χ3n) is 2.74. The summed E-state index contributed by atoms with van der Waals surface area (Å²) in [5.74, 6) is -1.03. The van der Waals surface area contributed by atoms with Gasteiger partial charge in [0.2, 0.25) is 0 Å². The Hall–Kier alpha value is -2.28. The fourth-order valence-corrected chi connectivity index (χ4v) is 1.73. The van der Waals surface area contributed by atoms with E-state index in [-0.39, 0.29) is 5.56 Å². The second-order valence-electron chi connectivity index (χ2n) is 4.26. The lowest BCUT2D eigenvalue weighted by Crippen LogP contribution is -2.30. The first-order valence-electron chi connectivity index (χ1n) is 6.20. The van der Waals surface area contributed by atoms with Gasteiger partial charge in [-0.05, 0) is 24.1 Å². The quantitative estimate of drug-likeness (QED) is 0.761. The van der Waals surface area contributed by atoms with Crippen molar-refractivity contribution in [3.63, 3.8) is 0 Å². The van der Waals surface area contributed by atoms with E-state index < -0.39 is 17.8 Å². The Bertz CT molecular complexity index is 559. The second-order valence-corrected chi connectivity index (χ2v) is 4.26. The van der Waals surface area contributed by atoms with Gasteiger partial charge in [-0.3, -0.25) is 9.48 Å². The lowest BCUT2D eigenvalue weighted by Gasteiger charge is -2.11. The lowest BCUT2D eigenvalue weighted by atomic mass is 10.1. The van der Waals surface area contributed by atoms with Crippen LogP contribution in [0.5, 0.6) is 0 Å². The Balaban J connectivity index is 1.76. The van der Waals surface area contributed by atoms with Crippen LogP contribution < -0.4 is 5.32 Å². The van der Waals surface area contributed by atoms with Gasteiger partial charge in [-0.15, -0.1) is 0 Å². The first kappa shape index (κ1) is 14.1. The number of aliphatic hydroxyl groups is 1. The van der Waals surface area contributed by atoms with E-state index in [1.54, 1.807) is 11.0 Å². The summed E-state index contributed by atoms with van der Waals surface area (Å²) >= 11 is 0. The monoisotopic (exact) mass is 278 g/mol. The van der Waals surface area contributed by atoms with Crippen molar-refractivity contribution in [3.8, 4) is 0 Å². The zero-order chi connectivity index (χ0) is 14.4. The zero-order valence-electron chi connectivity index (χ0n) is 10.7. The highest BCUT2D eigenvalue weighted by atomic mass is 19.1. The smallest absolute Gasteiger partial charge is 0.253 e. The molecular formula is C13H15FN4O2. The van der Waals surface area contributed by atoms with Crippen LogP contribution in [0.25, 0.3) is 0 Å². The number of aromatic nitrogens is 3. The molecule has 0 spiro atoms. The molecule has 2 rings (SSSR count). The molecule has 0 fully saturated rings. The Morgan fingerprint density at radius 1 is 1.50 bits per heavy atom. The summed E-state index contributed by atoms with van der Waals surface area (Å²) in [6, 6.07) is 5.35. The third-order valence-corrected chi connectivity index (χ3v) is 2.74. The number of aliphatic hydroxyl groups excluding tert-OH is 1. The molecule has 1 aromatic heterocycles. The molecule has 1 heterocycles. The van der Waals surface area contributed by atoms with E-state index in [1.165, 1.54) is 24.5 Å². The largest absolute Gasteiger partial charge is 0.378 e. The van der Waals surface area contributed by atoms with E-state index in [9.17, 15) is 14.3 Å². The van der Waals surface area contributed by atoms with Crippen molar-refractivity contribution >= 4 is 5.91 Å². The number of benzene rings is 1. The van der Waals surface area contributed by atoms with E-state index in [1.807, 2.05) is 0 Å². The summed E-state index contributed by atoms with van der Waals surface area (Å²) in [5, 5.41) is 16.3. The van der Waals surface area contributed by atoms with Crippen molar-refractivity contribution in [1.82, 2.24) is 20.1 Å². The molecule has 0 aliphatic heterocycles. The molecular weight excluding hydrogens is 263 g/mol. The third kappa shape index (κ3) is 3.86. The van der Waals surface area contributed by atoms with Crippen molar-refractivity contribution in [2.75, 3.05) is 6.54 Å². The minimum atomic E-state index is -1.36. The number of amides is 1. The first-order chi connectivity index (χ1) is 9.66. The molecule has 0 unspecified atom stereocenters. The number of nitrogens with zero attached hydrogens (tertiary/aromatic N) is 3. The summed E-state index contributed by atoms with van der Waals surface area (Å²) < 4.78 is 14.6. The van der Waals surface area contributed by atoms with Crippen LogP contribution in [0.1, 0.15) is 18.1 Å². The number of nitrogens with one attached hydrogen (secondary N) is 1. The number of carbonyl (C=O) groups excluding carboxylic acids is 1. The van der Waals surface area contributed by atoms with Gasteiger partial charge < -0.3 is 10.4 Å². The van der Waals surface area contributed by atoms with Crippen molar-refractivity contribution in [2.45, 2.75) is 19.1 Å². The molecule has 1 aromatic carbocycles. The van der Waals surface area contributed by atoms with Gasteiger partial charge in [0.05, 0.1) is 0 Å².